The number of carbonyl (C=O) groups is 2. The van der Waals surface area contributed by atoms with Gasteiger partial charge in [-0.1, -0.05) is 6.92 Å². The molecule has 0 fully saturated rings. The van der Waals surface area contributed by atoms with Crippen molar-refractivity contribution in [1.82, 2.24) is 0 Å². The summed E-state index contributed by atoms with van der Waals surface area (Å²) in [5, 5.41) is 0. The summed E-state index contributed by atoms with van der Waals surface area (Å²) in [6.45, 7) is 5.79. The van der Waals surface area contributed by atoms with Crippen LogP contribution in [0, 0.1) is 5.92 Å². The molecule has 0 aromatic heterocycles. The Kier molecular flexibility index (Phi) is 5.93. The Morgan fingerprint density at radius 1 is 1.15 bits per heavy atom. The third kappa shape index (κ3) is 5.22. The highest BCUT2D eigenvalue weighted by molar-refractivity contribution is 5.79. The number of ether oxygens (including phenoxy) is 2. The van der Waals surface area contributed by atoms with Gasteiger partial charge in [0, 0.05) is 0 Å². The molecule has 0 rings (SSSR count). The van der Waals surface area contributed by atoms with Gasteiger partial charge in [-0.2, -0.15) is 0 Å². The zero-order valence-electron chi connectivity index (χ0n) is 8.33. The van der Waals surface area contributed by atoms with Gasteiger partial charge < -0.3 is 9.47 Å². The van der Waals surface area contributed by atoms with Crippen LogP contribution in [0.2, 0.25) is 0 Å². The molecule has 0 bridgehead atoms. The fraction of sp³-hybridized carbons (Fsp3) is 0.778. The maximum absolute atomic E-state index is 11.1. The minimum Gasteiger partial charge on any atom is -0.466 e. The topological polar surface area (TPSA) is 52.6 Å². The summed E-state index contributed by atoms with van der Waals surface area (Å²) >= 11 is 0. The molecule has 0 amide bonds. The molecule has 0 spiro atoms. The van der Waals surface area contributed by atoms with Gasteiger partial charge in [0.25, 0.3) is 0 Å². The summed E-state index contributed by atoms with van der Waals surface area (Å²) in [5.41, 5.74) is 0. The van der Waals surface area contributed by atoms with Crippen LogP contribution in [0.5, 0.6) is 0 Å². The fourth-order valence-electron chi connectivity index (χ4n) is 0.838. The molecule has 4 heteroatoms. The second kappa shape index (κ2) is 6.46. The quantitative estimate of drug-likeness (QED) is 0.607. The Bertz CT molecular complexity index is 176. The minimum absolute atomic E-state index is 0.0900. The molecule has 0 aliphatic heterocycles. The van der Waals surface area contributed by atoms with Crippen molar-refractivity contribution in [2.45, 2.75) is 27.2 Å². The number of carbonyl (C=O) groups excluding carboxylic acids is 2. The predicted octanol–water partition coefficient (Wildman–Crippen LogP) is 1.14. The lowest BCUT2D eigenvalue weighted by Crippen LogP contribution is -2.19. The van der Waals surface area contributed by atoms with E-state index in [-0.39, 0.29) is 18.4 Å². The minimum atomic E-state index is -0.418. The molecule has 1 atom stereocenters. The summed E-state index contributed by atoms with van der Waals surface area (Å²) in [7, 11) is 0. The zero-order chi connectivity index (χ0) is 10.3. The number of hydrogen-bond donors (Lipinski definition) is 0. The fourth-order valence-corrected chi connectivity index (χ4v) is 0.838. The lowest BCUT2D eigenvalue weighted by molar-refractivity contribution is -0.154. The molecule has 0 aliphatic rings. The molecular formula is C9H16O4. The van der Waals surface area contributed by atoms with Gasteiger partial charge in [0.05, 0.1) is 25.6 Å². The van der Waals surface area contributed by atoms with Gasteiger partial charge in [0.1, 0.15) is 0 Å². The molecule has 0 heterocycles. The standard InChI is InChI=1S/C9H16O4/c1-4-12-8(10)6-7(3)9(11)13-5-2/h7H,4-6H2,1-3H3/t7-/m1/s1. The maximum atomic E-state index is 11.1. The van der Waals surface area contributed by atoms with Gasteiger partial charge in [0.15, 0.2) is 0 Å². The molecular weight excluding hydrogens is 172 g/mol. The third-order valence-corrected chi connectivity index (χ3v) is 1.47. The lowest BCUT2D eigenvalue weighted by atomic mass is 10.1. The van der Waals surface area contributed by atoms with Gasteiger partial charge in [-0.25, -0.2) is 0 Å². The van der Waals surface area contributed by atoms with Gasteiger partial charge in [-0.3, -0.25) is 9.59 Å². The number of esters is 2. The average Bonchev–Trinajstić information content (AvgIpc) is 2.05. The highest BCUT2D eigenvalue weighted by Gasteiger charge is 2.18. The van der Waals surface area contributed by atoms with Gasteiger partial charge in [0.2, 0.25) is 0 Å². The molecule has 0 radical (unpaired) electrons. The molecule has 0 N–H and O–H groups in total. The van der Waals surface area contributed by atoms with Gasteiger partial charge in [-0.05, 0) is 13.8 Å². The summed E-state index contributed by atoms with van der Waals surface area (Å²) < 4.78 is 9.43. The van der Waals surface area contributed by atoms with E-state index in [2.05, 4.69) is 0 Å². The van der Waals surface area contributed by atoms with E-state index in [1.54, 1.807) is 20.8 Å². The second-order valence-electron chi connectivity index (χ2n) is 2.66. The van der Waals surface area contributed by atoms with Crippen LogP contribution in [-0.2, 0) is 19.1 Å². The van der Waals surface area contributed by atoms with Crippen molar-refractivity contribution in [3.8, 4) is 0 Å². The molecule has 0 aromatic rings. The SMILES string of the molecule is CCOC(=O)C[C@@H](C)C(=O)OCC. The maximum Gasteiger partial charge on any atom is 0.309 e. The third-order valence-electron chi connectivity index (χ3n) is 1.47. The van der Waals surface area contributed by atoms with Crippen molar-refractivity contribution in [2.24, 2.45) is 5.92 Å². The van der Waals surface area contributed by atoms with Crippen molar-refractivity contribution >= 4 is 11.9 Å². The molecule has 0 unspecified atom stereocenters. The van der Waals surface area contributed by atoms with E-state index in [4.69, 9.17) is 9.47 Å². The largest absolute Gasteiger partial charge is 0.466 e. The first-order valence-corrected chi connectivity index (χ1v) is 4.44. The Balaban J connectivity index is 3.78. The molecule has 0 saturated heterocycles. The normalized spacial score (nSPS) is 11.9. The molecule has 76 valence electrons. The highest BCUT2D eigenvalue weighted by atomic mass is 16.5. The Hall–Kier alpha value is -1.06. The summed E-state index contributed by atoms with van der Waals surface area (Å²) in [4.78, 5) is 22.0. The molecule has 0 saturated carbocycles. The highest BCUT2D eigenvalue weighted by Crippen LogP contribution is 2.05. The Morgan fingerprint density at radius 2 is 1.69 bits per heavy atom. The van der Waals surface area contributed by atoms with E-state index in [9.17, 15) is 9.59 Å². The van der Waals surface area contributed by atoms with Crippen LogP contribution in [0.1, 0.15) is 27.2 Å². The smallest absolute Gasteiger partial charge is 0.309 e. The van der Waals surface area contributed by atoms with Crippen LogP contribution >= 0.6 is 0 Å². The van der Waals surface area contributed by atoms with Crippen LogP contribution in [0.25, 0.3) is 0 Å². The summed E-state index contributed by atoms with van der Waals surface area (Å²) in [6, 6.07) is 0. The molecule has 0 aromatic carbocycles. The monoisotopic (exact) mass is 188 g/mol. The molecule has 13 heavy (non-hydrogen) atoms. The Morgan fingerprint density at radius 3 is 2.15 bits per heavy atom. The first-order chi connectivity index (χ1) is 6.11. The van der Waals surface area contributed by atoms with E-state index < -0.39 is 5.92 Å². The first kappa shape index (κ1) is 11.9. The average molecular weight is 188 g/mol. The van der Waals surface area contributed by atoms with E-state index in [0.717, 1.165) is 0 Å². The van der Waals surface area contributed by atoms with Crippen molar-refractivity contribution in [3.05, 3.63) is 0 Å². The summed E-state index contributed by atoms with van der Waals surface area (Å²) in [6.07, 6.45) is 0.0900. The van der Waals surface area contributed by atoms with E-state index in [1.807, 2.05) is 0 Å². The predicted molar refractivity (Wildman–Crippen MR) is 47.0 cm³/mol. The Labute approximate surface area is 78.2 Å². The van der Waals surface area contributed by atoms with Gasteiger partial charge in [-0.15, -0.1) is 0 Å². The number of hydrogen-bond acceptors (Lipinski definition) is 4. The van der Waals surface area contributed by atoms with Gasteiger partial charge >= 0.3 is 11.9 Å². The van der Waals surface area contributed by atoms with Crippen LogP contribution in [-0.4, -0.2) is 25.2 Å². The lowest BCUT2D eigenvalue weighted by Gasteiger charge is -2.08. The zero-order valence-corrected chi connectivity index (χ0v) is 8.33. The van der Waals surface area contributed by atoms with Crippen molar-refractivity contribution in [1.29, 1.82) is 0 Å². The van der Waals surface area contributed by atoms with E-state index in [1.165, 1.54) is 0 Å². The van der Waals surface area contributed by atoms with Crippen LogP contribution in [0.4, 0.5) is 0 Å². The molecule has 4 nitrogen and oxygen atoms in total. The van der Waals surface area contributed by atoms with E-state index >= 15 is 0 Å². The van der Waals surface area contributed by atoms with Crippen molar-refractivity contribution in [2.75, 3.05) is 13.2 Å². The van der Waals surface area contributed by atoms with E-state index in [0.29, 0.717) is 13.2 Å². The molecule has 0 aliphatic carbocycles. The van der Waals surface area contributed by atoms with Crippen molar-refractivity contribution in [3.63, 3.8) is 0 Å². The second-order valence-corrected chi connectivity index (χ2v) is 2.66. The van der Waals surface area contributed by atoms with Crippen LogP contribution < -0.4 is 0 Å². The first-order valence-electron chi connectivity index (χ1n) is 4.44. The summed E-state index contributed by atoms with van der Waals surface area (Å²) in [5.74, 6) is -1.13. The number of rotatable bonds is 5. The van der Waals surface area contributed by atoms with Crippen molar-refractivity contribution < 1.29 is 19.1 Å². The van der Waals surface area contributed by atoms with Crippen LogP contribution in [0.3, 0.4) is 0 Å². The van der Waals surface area contributed by atoms with Crippen LogP contribution in [0.15, 0.2) is 0 Å².